The van der Waals surface area contributed by atoms with E-state index in [-0.39, 0.29) is 0 Å². The summed E-state index contributed by atoms with van der Waals surface area (Å²) in [5.41, 5.74) is 6.48. The maximum absolute atomic E-state index is 6.08. The summed E-state index contributed by atoms with van der Waals surface area (Å²) in [5.74, 6) is 1.59. The predicted octanol–water partition coefficient (Wildman–Crippen LogP) is 2.81. The third-order valence-electron chi connectivity index (χ3n) is 2.53. The molecule has 0 saturated heterocycles. The minimum absolute atomic E-state index is 0.627. The normalized spacial score (nSPS) is 10.7. The van der Waals surface area contributed by atoms with Crippen molar-refractivity contribution in [3.8, 4) is 0 Å². The molecule has 0 fully saturated rings. The van der Waals surface area contributed by atoms with Gasteiger partial charge in [0.05, 0.1) is 12.6 Å². The van der Waals surface area contributed by atoms with E-state index in [1.165, 1.54) is 0 Å². The smallest absolute Gasteiger partial charge is 0.198 e. The quantitative estimate of drug-likeness (QED) is 0.888. The van der Waals surface area contributed by atoms with Crippen molar-refractivity contribution in [1.82, 2.24) is 4.98 Å². The van der Waals surface area contributed by atoms with Crippen LogP contribution in [0.2, 0.25) is 5.02 Å². The van der Waals surface area contributed by atoms with Gasteiger partial charge in [0.25, 0.3) is 0 Å². The van der Waals surface area contributed by atoms with Gasteiger partial charge in [-0.2, -0.15) is 0 Å². The molecule has 4 heteroatoms. The van der Waals surface area contributed by atoms with E-state index in [1.807, 2.05) is 24.3 Å². The van der Waals surface area contributed by atoms with Gasteiger partial charge in [-0.05, 0) is 24.6 Å². The maximum Gasteiger partial charge on any atom is 0.198 e. The summed E-state index contributed by atoms with van der Waals surface area (Å²) in [4.78, 5) is 4.24. The third-order valence-corrected chi connectivity index (χ3v) is 2.90. The minimum atomic E-state index is 0.627. The molecule has 1 aromatic carbocycles. The molecule has 17 heavy (non-hydrogen) atoms. The van der Waals surface area contributed by atoms with Gasteiger partial charge in [-0.25, -0.2) is 4.98 Å². The highest BCUT2D eigenvalue weighted by Crippen LogP contribution is 2.19. The molecule has 0 bridgehead atoms. The second-order valence-electron chi connectivity index (χ2n) is 3.88. The van der Waals surface area contributed by atoms with Crippen LogP contribution in [0.4, 0.5) is 0 Å². The molecule has 1 aromatic heterocycles. The van der Waals surface area contributed by atoms with Crippen LogP contribution in [-0.2, 0) is 12.8 Å². The highest BCUT2D eigenvalue weighted by atomic mass is 35.5. The Morgan fingerprint density at radius 1 is 1.29 bits per heavy atom. The summed E-state index contributed by atoms with van der Waals surface area (Å²) in [6.45, 7) is 0.667. The summed E-state index contributed by atoms with van der Waals surface area (Å²) in [6.07, 6.45) is 4.15. The van der Waals surface area contributed by atoms with Crippen molar-refractivity contribution in [2.45, 2.75) is 19.3 Å². The zero-order valence-corrected chi connectivity index (χ0v) is 10.3. The Morgan fingerprint density at radius 3 is 2.88 bits per heavy atom. The number of halogens is 1. The number of nitrogens with zero attached hydrogens (tertiary/aromatic N) is 1. The van der Waals surface area contributed by atoms with Gasteiger partial charge in [-0.15, -0.1) is 0 Å². The Kier molecular flexibility index (Phi) is 4.18. The number of oxazole rings is 1. The van der Waals surface area contributed by atoms with Crippen molar-refractivity contribution in [2.24, 2.45) is 5.73 Å². The van der Waals surface area contributed by atoms with Crippen LogP contribution in [0.5, 0.6) is 0 Å². The maximum atomic E-state index is 6.08. The first-order chi connectivity index (χ1) is 8.29. The van der Waals surface area contributed by atoms with E-state index in [2.05, 4.69) is 4.98 Å². The first-order valence-electron chi connectivity index (χ1n) is 5.66. The summed E-state index contributed by atoms with van der Waals surface area (Å²) >= 11 is 6.08. The lowest BCUT2D eigenvalue weighted by molar-refractivity contribution is 0.459. The molecule has 2 aromatic rings. The van der Waals surface area contributed by atoms with Gasteiger partial charge in [0.2, 0.25) is 0 Å². The lowest BCUT2D eigenvalue weighted by Gasteiger charge is -2.00. The summed E-state index contributed by atoms with van der Waals surface area (Å²) in [6, 6.07) is 7.72. The molecule has 0 spiro atoms. The van der Waals surface area contributed by atoms with E-state index in [9.17, 15) is 0 Å². The Balaban J connectivity index is 2.04. The first kappa shape index (κ1) is 12.1. The largest absolute Gasteiger partial charge is 0.445 e. The van der Waals surface area contributed by atoms with Crippen molar-refractivity contribution in [3.63, 3.8) is 0 Å². The predicted molar refractivity (Wildman–Crippen MR) is 68.1 cm³/mol. The minimum Gasteiger partial charge on any atom is -0.445 e. The number of hydrogen-bond acceptors (Lipinski definition) is 3. The van der Waals surface area contributed by atoms with E-state index in [1.54, 1.807) is 6.20 Å². The van der Waals surface area contributed by atoms with Crippen molar-refractivity contribution in [3.05, 3.63) is 52.7 Å². The molecule has 2 rings (SSSR count). The Hall–Kier alpha value is -1.32. The van der Waals surface area contributed by atoms with Gasteiger partial charge in [-0.3, -0.25) is 0 Å². The number of rotatable bonds is 5. The van der Waals surface area contributed by atoms with Gasteiger partial charge in [0.1, 0.15) is 5.76 Å². The molecule has 90 valence electrons. The van der Waals surface area contributed by atoms with Crippen LogP contribution in [0.25, 0.3) is 0 Å². The Morgan fingerprint density at radius 2 is 2.12 bits per heavy atom. The molecular weight excluding hydrogens is 236 g/mol. The van der Waals surface area contributed by atoms with Gasteiger partial charge >= 0.3 is 0 Å². The highest BCUT2D eigenvalue weighted by molar-refractivity contribution is 6.31. The molecule has 0 aliphatic rings. The molecule has 0 amide bonds. The fraction of sp³-hybridized carbons (Fsp3) is 0.308. The molecule has 0 radical (unpaired) electrons. The number of aryl methyl sites for hydroxylation is 1. The second-order valence-corrected chi connectivity index (χ2v) is 4.29. The van der Waals surface area contributed by atoms with E-state index in [0.29, 0.717) is 18.9 Å². The molecule has 0 aliphatic carbocycles. The number of benzene rings is 1. The number of aromatic nitrogens is 1. The number of nitrogens with two attached hydrogens (primary N) is 1. The monoisotopic (exact) mass is 250 g/mol. The van der Waals surface area contributed by atoms with Crippen LogP contribution in [0.1, 0.15) is 23.6 Å². The topological polar surface area (TPSA) is 52.0 Å². The van der Waals surface area contributed by atoms with Crippen molar-refractivity contribution < 1.29 is 4.42 Å². The van der Waals surface area contributed by atoms with Crippen LogP contribution in [-0.4, -0.2) is 11.5 Å². The van der Waals surface area contributed by atoms with Gasteiger partial charge in [0.15, 0.2) is 5.89 Å². The Labute approximate surface area is 106 Å². The zero-order valence-electron chi connectivity index (χ0n) is 9.53. The summed E-state index contributed by atoms with van der Waals surface area (Å²) in [5, 5.41) is 0.745. The van der Waals surface area contributed by atoms with Crippen LogP contribution in [0.3, 0.4) is 0 Å². The van der Waals surface area contributed by atoms with Crippen LogP contribution in [0, 0.1) is 0 Å². The summed E-state index contributed by atoms with van der Waals surface area (Å²) < 4.78 is 5.62. The van der Waals surface area contributed by atoms with Crippen LogP contribution in [0.15, 0.2) is 34.9 Å². The second kappa shape index (κ2) is 5.84. The highest BCUT2D eigenvalue weighted by Gasteiger charge is 2.07. The SMILES string of the molecule is NCCCc1cnc(Cc2ccccc2Cl)o1. The van der Waals surface area contributed by atoms with E-state index >= 15 is 0 Å². The zero-order chi connectivity index (χ0) is 12.1. The Bertz CT molecular complexity index is 482. The lowest BCUT2D eigenvalue weighted by atomic mass is 10.1. The molecule has 1 heterocycles. The van der Waals surface area contributed by atoms with Crippen molar-refractivity contribution in [1.29, 1.82) is 0 Å². The van der Waals surface area contributed by atoms with Gasteiger partial charge in [0, 0.05) is 11.4 Å². The standard InChI is InChI=1S/C13H15ClN2O/c14-12-6-2-1-4-10(12)8-13-16-9-11(17-13)5-3-7-15/h1-2,4,6,9H,3,5,7-8,15H2. The fourth-order valence-corrected chi connectivity index (χ4v) is 1.83. The molecule has 0 atom stereocenters. The van der Waals surface area contributed by atoms with E-state index < -0.39 is 0 Å². The molecule has 3 nitrogen and oxygen atoms in total. The van der Waals surface area contributed by atoms with Gasteiger partial charge in [-0.1, -0.05) is 29.8 Å². The van der Waals surface area contributed by atoms with E-state index in [0.717, 1.165) is 29.2 Å². The average Bonchev–Trinajstić information content (AvgIpc) is 2.77. The molecule has 0 saturated carbocycles. The summed E-state index contributed by atoms with van der Waals surface area (Å²) in [7, 11) is 0. The molecule has 0 aliphatic heterocycles. The first-order valence-corrected chi connectivity index (χ1v) is 6.04. The van der Waals surface area contributed by atoms with Crippen molar-refractivity contribution in [2.75, 3.05) is 6.54 Å². The average molecular weight is 251 g/mol. The molecule has 2 N–H and O–H groups in total. The van der Waals surface area contributed by atoms with E-state index in [4.69, 9.17) is 21.8 Å². The fourth-order valence-electron chi connectivity index (χ4n) is 1.63. The van der Waals surface area contributed by atoms with Crippen LogP contribution < -0.4 is 5.73 Å². The third kappa shape index (κ3) is 3.32. The molecule has 0 unspecified atom stereocenters. The number of hydrogen-bond donors (Lipinski definition) is 1. The van der Waals surface area contributed by atoms with Gasteiger partial charge < -0.3 is 10.2 Å². The lowest BCUT2D eigenvalue weighted by Crippen LogP contribution is -1.99. The van der Waals surface area contributed by atoms with Crippen LogP contribution >= 0.6 is 11.6 Å². The molecular formula is C13H15ClN2O. The van der Waals surface area contributed by atoms with Crippen molar-refractivity contribution >= 4 is 11.6 Å².